The van der Waals surface area contributed by atoms with Gasteiger partial charge in [0, 0.05) is 13.0 Å². The van der Waals surface area contributed by atoms with Crippen LogP contribution in [0.5, 0.6) is 0 Å². The van der Waals surface area contributed by atoms with Crippen LogP contribution in [-0.2, 0) is 11.3 Å². The van der Waals surface area contributed by atoms with E-state index in [1.807, 2.05) is 49.5 Å². The van der Waals surface area contributed by atoms with E-state index in [9.17, 15) is 4.79 Å². The second-order valence-electron chi connectivity index (χ2n) is 7.57. The van der Waals surface area contributed by atoms with Crippen molar-refractivity contribution in [1.29, 1.82) is 0 Å². The third kappa shape index (κ3) is 3.44. The lowest BCUT2D eigenvalue weighted by Gasteiger charge is -2.29. The van der Waals surface area contributed by atoms with Crippen molar-refractivity contribution in [3.63, 3.8) is 0 Å². The molecule has 146 valence electrons. The van der Waals surface area contributed by atoms with Gasteiger partial charge in [-0.05, 0) is 37.1 Å². The van der Waals surface area contributed by atoms with Gasteiger partial charge in [0.2, 0.25) is 5.91 Å². The number of allylic oxidation sites excluding steroid dienone is 2. The summed E-state index contributed by atoms with van der Waals surface area (Å²) < 4.78 is 1.18. The molecule has 0 fully saturated rings. The smallest absolute Gasteiger partial charge is 0.226 e. The Morgan fingerprint density at radius 1 is 1.07 bits per heavy atom. The molecule has 0 radical (unpaired) electrons. The molecule has 2 unspecified atom stereocenters. The molecule has 1 N–H and O–H groups in total. The molecule has 0 saturated carbocycles. The highest BCUT2D eigenvalue weighted by Gasteiger charge is 2.34. The van der Waals surface area contributed by atoms with Crippen LogP contribution in [0.2, 0.25) is 0 Å². The minimum Gasteiger partial charge on any atom is -0.340 e. The number of nitrogens with zero attached hydrogens (tertiary/aromatic N) is 3. The van der Waals surface area contributed by atoms with Gasteiger partial charge in [0.15, 0.2) is 0 Å². The van der Waals surface area contributed by atoms with E-state index in [0.717, 1.165) is 40.2 Å². The molecular formula is C23H22N4OS. The normalized spacial score (nSPS) is 19.1. The molecule has 2 atom stereocenters. The third-order valence-electron chi connectivity index (χ3n) is 5.58. The largest absolute Gasteiger partial charge is 0.340 e. The number of thiazole rings is 1. The lowest BCUT2D eigenvalue weighted by atomic mass is 9.82. The molecular weight excluding hydrogens is 380 g/mol. The Bertz CT molecular complexity index is 1140. The Morgan fingerprint density at radius 3 is 2.66 bits per heavy atom. The average molecular weight is 403 g/mol. The van der Waals surface area contributed by atoms with E-state index < -0.39 is 0 Å². The fraction of sp³-hybridized carbons (Fsp3) is 0.261. The fourth-order valence-electron chi connectivity index (χ4n) is 4.07. The first-order valence-corrected chi connectivity index (χ1v) is 10.7. The van der Waals surface area contributed by atoms with Crippen LogP contribution in [0.1, 0.15) is 29.6 Å². The summed E-state index contributed by atoms with van der Waals surface area (Å²) in [5.41, 5.74) is 2.94. The molecule has 5 rings (SSSR count). The van der Waals surface area contributed by atoms with E-state index in [1.54, 1.807) is 16.2 Å². The molecule has 0 bridgehead atoms. The summed E-state index contributed by atoms with van der Waals surface area (Å²) in [5.74, 6) is 1.00. The van der Waals surface area contributed by atoms with Gasteiger partial charge in [-0.15, -0.1) is 11.3 Å². The first-order chi connectivity index (χ1) is 14.2. The number of carbonyl (C=O) groups is 1. The maximum atomic E-state index is 13.3. The van der Waals surface area contributed by atoms with E-state index in [-0.39, 0.29) is 17.7 Å². The van der Waals surface area contributed by atoms with Crippen LogP contribution < -0.4 is 0 Å². The predicted molar refractivity (Wildman–Crippen MR) is 117 cm³/mol. The van der Waals surface area contributed by atoms with Crippen molar-refractivity contribution in [2.45, 2.75) is 25.3 Å². The molecule has 6 heteroatoms. The van der Waals surface area contributed by atoms with E-state index in [0.29, 0.717) is 6.54 Å². The Morgan fingerprint density at radius 2 is 1.83 bits per heavy atom. The number of H-pyrrole nitrogens is 1. The summed E-state index contributed by atoms with van der Waals surface area (Å²) in [4.78, 5) is 27.9. The molecule has 0 aliphatic heterocycles. The molecule has 1 aliphatic carbocycles. The van der Waals surface area contributed by atoms with Crippen molar-refractivity contribution < 1.29 is 4.79 Å². The third-order valence-corrected chi connectivity index (χ3v) is 6.75. The minimum absolute atomic E-state index is 0.0880. The number of fused-ring (bicyclic) bond motifs is 2. The van der Waals surface area contributed by atoms with Crippen molar-refractivity contribution in [2.24, 2.45) is 5.92 Å². The molecule has 1 aliphatic rings. The van der Waals surface area contributed by atoms with Crippen LogP contribution in [0.3, 0.4) is 0 Å². The number of hydrogen-bond donors (Lipinski definition) is 1. The number of aromatic amines is 1. The first kappa shape index (κ1) is 18.1. The summed E-state index contributed by atoms with van der Waals surface area (Å²) in [6.45, 7) is 0.473. The van der Waals surface area contributed by atoms with Crippen LogP contribution in [0.4, 0.5) is 0 Å². The zero-order valence-corrected chi connectivity index (χ0v) is 17.0. The van der Waals surface area contributed by atoms with E-state index in [2.05, 4.69) is 28.2 Å². The number of rotatable bonds is 4. The van der Waals surface area contributed by atoms with Gasteiger partial charge in [0.05, 0.1) is 38.7 Å². The Kier molecular flexibility index (Phi) is 4.64. The SMILES string of the molecule is CN(Cc1nc2ccccc2[nH]1)C(=O)C1CC=CCC1c1nc2ccccc2s1. The molecule has 5 nitrogen and oxygen atoms in total. The van der Waals surface area contributed by atoms with Crippen LogP contribution >= 0.6 is 11.3 Å². The van der Waals surface area contributed by atoms with Gasteiger partial charge in [-0.1, -0.05) is 36.4 Å². The number of aromatic nitrogens is 3. The number of benzene rings is 2. The lowest BCUT2D eigenvalue weighted by Crippen LogP contribution is -2.36. The Balaban J connectivity index is 1.38. The molecule has 4 aromatic rings. The predicted octanol–water partition coefficient (Wildman–Crippen LogP) is 4.88. The van der Waals surface area contributed by atoms with Crippen LogP contribution in [0, 0.1) is 5.92 Å². The van der Waals surface area contributed by atoms with Crippen LogP contribution in [-0.4, -0.2) is 32.8 Å². The molecule has 0 spiro atoms. The topological polar surface area (TPSA) is 61.9 Å². The summed E-state index contributed by atoms with van der Waals surface area (Å²) in [6, 6.07) is 16.1. The van der Waals surface area contributed by atoms with Gasteiger partial charge in [-0.25, -0.2) is 9.97 Å². The van der Waals surface area contributed by atoms with Gasteiger partial charge in [0.1, 0.15) is 5.82 Å². The van der Waals surface area contributed by atoms with Crippen molar-refractivity contribution in [3.05, 3.63) is 71.5 Å². The highest BCUT2D eigenvalue weighted by atomic mass is 32.1. The average Bonchev–Trinajstić information content (AvgIpc) is 3.36. The number of para-hydroxylation sites is 3. The summed E-state index contributed by atoms with van der Waals surface area (Å²) in [6.07, 6.45) is 5.92. The number of imidazole rings is 1. The molecule has 1 amide bonds. The van der Waals surface area contributed by atoms with Crippen molar-refractivity contribution in [3.8, 4) is 0 Å². The fourth-order valence-corrected chi connectivity index (χ4v) is 5.22. The molecule has 2 heterocycles. The zero-order chi connectivity index (χ0) is 19.8. The second-order valence-corrected chi connectivity index (χ2v) is 8.63. The van der Waals surface area contributed by atoms with Gasteiger partial charge in [-0.3, -0.25) is 4.79 Å². The highest BCUT2D eigenvalue weighted by molar-refractivity contribution is 7.18. The number of hydrogen-bond acceptors (Lipinski definition) is 4. The maximum absolute atomic E-state index is 13.3. The molecule has 2 aromatic carbocycles. The first-order valence-electron chi connectivity index (χ1n) is 9.88. The number of carbonyl (C=O) groups excluding carboxylic acids is 1. The highest BCUT2D eigenvalue weighted by Crippen LogP contribution is 2.39. The Hall–Kier alpha value is -2.99. The minimum atomic E-state index is -0.0880. The molecule has 29 heavy (non-hydrogen) atoms. The van der Waals surface area contributed by atoms with Gasteiger partial charge >= 0.3 is 0 Å². The van der Waals surface area contributed by atoms with Crippen LogP contribution in [0.25, 0.3) is 21.3 Å². The standard InChI is InChI=1S/C23H22N4OS/c1-27(14-21-24-17-10-4-5-11-18(17)25-21)23(28)16-9-3-2-8-15(16)22-26-19-12-6-7-13-20(19)29-22/h2-7,10-13,15-16H,8-9,14H2,1H3,(H,24,25). The Labute approximate surface area is 173 Å². The maximum Gasteiger partial charge on any atom is 0.226 e. The summed E-state index contributed by atoms with van der Waals surface area (Å²) in [7, 11) is 1.86. The van der Waals surface area contributed by atoms with Crippen LogP contribution in [0.15, 0.2) is 60.7 Å². The zero-order valence-electron chi connectivity index (χ0n) is 16.2. The van der Waals surface area contributed by atoms with Crippen molar-refractivity contribution in [1.82, 2.24) is 19.9 Å². The van der Waals surface area contributed by atoms with Gasteiger partial charge in [-0.2, -0.15) is 0 Å². The van der Waals surface area contributed by atoms with Gasteiger partial charge < -0.3 is 9.88 Å². The van der Waals surface area contributed by atoms with E-state index in [1.165, 1.54) is 4.70 Å². The van der Waals surface area contributed by atoms with Crippen molar-refractivity contribution >= 4 is 38.5 Å². The molecule has 2 aromatic heterocycles. The molecule has 0 saturated heterocycles. The van der Waals surface area contributed by atoms with E-state index in [4.69, 9.17) is 4.98 Å². The lowest BCUT2D eigenvalue weighted by molar-refractivity contribution is -0.135. The van der Waals surface area contributed by atoms with Gasteiger partial charge in [0.25, 0.3) is 0 Å². The second kappa shape index (κ2) is 7.44. The number of amides is 1. The van der Waals surface area contributed by atoms with Crippen molar-refractivity contribution in [2.75, 3.05) is 7.05 Å². The summed E-state index contributed by atoms with van der Waals surface area (Å²) in [5, 5.41) is 1.06. The number of nitrogens with one attached hydrogen (secondary N) is 1. The quantitative estimate of drug-likeness (QED) is 0.495. The van der Waals surface area contributed by atoms with E-state index >= 15 is 0 Å². The summed E-state index contributed by atoms with van der Waals surface area (Å²) >= 11 is 1.71. The monoisotopic (exact) mass is 402 g/mol.